The topological polar surface area (TPSA) is 52.6 Å². The number of ketones is 2. The first-order valence-electron chi connectivity index (χ1n) is 10.1. The van der Waals surface area contributed by atoms with E-state index in [4.69, 9.17) is 9.47 Å². The summed E-state index contributed by atoms with van der Waals surface area (Å²) >= 11 is 0. The molecule has 158 valence electrons. The van der Waals surface area contributed by atoms with Gasteiger partial charge in [0.1, 0.15) is 0 Å². The van der Waals surface area contributed by atoms with Crippen molar-refractivity contribution in [2.45, 2.75) is 11.8 Å². The molecule has 4 nitrogen and oxygen atoms in total. The predicted octanol–water partition coefficient (Wildman–Crippen LogP) is 5.02. The summed E-state index contributed by atoms with van der Waals surface area (Å²) in [6.45, 7) is 0. The second-order valence-electron chi connectivity index (χ2n) is 8.22. The van der Waals surface area contributed by atoms with Gasteiger partial charge in [0, 0.05) is 0 Å². The first-order chi connectivity index (χ1) is 15.4. The van der Waals surface area contributed by atoms with Crippen molar-refractivity contribution >= 4 is 33.1 Å². The van der Waals surface area contributed by atoms with Crippen molar-refractivity contribution in [2.24, 2.45) is 0 Å². The SMILES string of the molecule is COc1cc2cc3c(cc2cc1OC)C1C(=O)C(=O)C3c2cc3cc(F)c(F)cc3cc21. The van der Waals surface area contributed by atoms with Gasteiger partial charge < -0.3 is 9.47 Å². The summed E-state index contributed by atoms with van der Waals surface area (Å²) in [5, 5.41) is 2.68. The van der Waals surface area contributed by atoms with E-state index in [1.165, 1.54) is 0 Å². The number of rotatable bonds is 2. The van der Waals surface area contributed by atoms with Gasteiger partial charge in [-0.2, -0.15) is 0 Å². The summed E-state index contributed by atoms with van der Waals surface area (Å²) in [5.41, 5.74) is 2.86. The summed E-state index contributed by atoms with van der Waals surface area (Å²) in [7, 11) is 3.10. The molecule has 0 heterocycles. The molecule has 4 aromatic carbocycles. The molecule has 3 aliphatic rings. The number of fused-ring (bicyclic) bond motifs is 3. The Balaban J connectivity index is 1.65. The molecule has 0 aliphatic heterocycles. The van der Waals surface area contributed by atoms with E-state index in [-0.39, 0.29) is 0 Å². The fourth-order valence-electron chi connectivity index (χ4n) is 5.18. The number of hydrogen-bond donors (Lipinski definition) is 0. The van der Waals surface area contributed by atoms with Gasteiger partial charge in [0.25, 0.3) is 0 Å². The number of Topliss-reactive ketones (excluding diaryl/α,β-unsaturated/α-hetero) is 2. The van der Waals surface area contributed by atoms with Crippen molar-refractivity contribution in [1.29, 1.82) is 0 Å². The molecule has 2 unspecified atom stereocenters. The van der Waals surface area contributed by atoms with Gasteiger partial charge >= 0.3 is 0 Å². The molecular weight excluding hydrogens is 414 g/mol. The van der Waals surface area contributed by atoms with Crippen molar-refractivity contribution in [3.63, 3.8) is 0 Å². The lowest BCUT2D eigenvalue weighted by molar-refractivity contribution is -0.138. The molecule has 0 amide bonds. The van der Waals surface area contributed by atoms with Crippen molar-refractivity contribution in [3.05, 3.63) is 82.4 Å². The second kappa shape index (κ2) is 6.36. The number of methoxy groups -OCH3 is 2. The average molecular weight is 430 g/mol. The first-order valence-corrected chi connectivity index (χ1v) is 10.1. The molecule has 0 saturated heterocycles. The summed E-state index contributed by atoms with van der Waals surface area (Å²) in [6, 6.07) is 13.1. The largest absolute Gasteiger partial charge is 0.493 e. The smallest absolute Gasteiger partial charge is 0.211 e. The van der Waals surface area contributed by atoms with Gasteiger partial charge in [-0.05, 0) is 92.3 Å². The van der Waals surface area contributed by atoms with Crippen LogP contribution >= 0.6 is 0 Å². The molecule has 4 aromatic rings. The van der Waals surface area contributed by atoms with Crippen LogP contribution in [-0.2, 0) is 9.59 Å². The Morgan fingerprint density at radius 1 is 0.562 bits per heavy atom. The minimum absolute atomic E-state index is 0.475. The Bertz CT molecular complexity index is 1410. The standard InChI is InChI=1S/C26H16F2O4/c1-31-21-9-13-5-17-18(6-14(13)10-22(21)32-2)24-16-4-12-8-20(28)19(27)7-11(12)3-15(16)23(17)25(29)26(24)30/h3-10,23-24H,1-2H3. The van der Waals surface area contributed by atoms with Crippen LogP contribution < -0.4 is 9.47 Å². The molecule has 0 spiro atoms. The van der Waals surface area contributed by atoms with Crippen LogP contribution in [0.25, 0.3) is 21.5 Å². The van der Waals surface area contributed by atoms with E-state index in [9.17, 15) is 18.4 Å². The van der Waals surface area contributed by atoms with Crippen LogP contribution in [0, 0.1) is 11.6 Å². The highest BCUT2D eigenvalue weighted by molar-refractivity contribution is 6.45. The second-order valence-corrected chi connectivity index (χ2v) is 8.22. The van der Waals surface area contributed by atoms with Crippen molar-refractivity contribution in [3.8, 4) is 11.5 Å². The predicted molar refractivity (Wildman–Crippen MR) is 115 cm³/mol. The van der Waals surface area contributed by atoms with Crippen LogP contribution in [0.5, 0.6) is 11.5 Å². The lowest BCUT2D eigenvalue weighted by atomic mass is 9.62. The lowest BCUT2D eigenvalue weighted by Crippen LogP contribution is -2.40. The zero-order valence-corrected chi connectivity index (χ0v) is 17.2. The van der Waals surface area contributed by atoms with Gasteiger partial charge in [-0.25, -0.2) is 8.78 Å². The van der Waals surface area contributed by atoms with E-state index < -0.39 is 35.0 Å². The molecule has 6 heteroatoms. The highest BCUT2D eigenvalue weighted by atomic mass is 19.2. The number of carbonyl (C=O) groups is 2. The molecule has 2 bridgehead atoms. The van der Waals surface area contributed by atoms with Gasteiger partial charge in [-0.3, -0.25) is 9.59 Å². The molecule has 7 rings (SSSR count). The van der Waals surface area contributed by atoms with Crippen molar-refractivity contribution in [1.82, 2.24) is 0 Å². The lowest BCUT2D eigenvalue weighted by Gasteiger charge is -2.38. The third-order valence-corrected chi connectivity index (χ3v) is 6.64. The average Bonchev–Trinajstić information content (AvgIpc) is 2.78. The van der Waals surface area contributed by atoms with Gasteiger partial charge in [0.2, 0.25) is 11.6 Å². The number of carbonyl (C=O) groups excluding carboxylic acids is 2. The van der Waals surface area contributed by atoms with E-state index >= 15 is 0 Å². The normalized spacial score (nSPS) is 18.8. The summed E-state index contributed by atoms with van der Waals surface area (Å²) in [5.74, 6) is -3.27. The molecule has 3 aliphatic carbocycles. The molecule has 2 atom stereocenters. The van der Waals surface area contributed by atoms with Gasteiger partial charge in [0.05, 0.1) is 26.1 Å². The van der Waals surface area contributed by atoms with Crippen molar-refractivity contribution < 1.29 is 27.8 Å². The molecule has 0 saturated carbocycles. The van der Waals surface area contributed by atoms with Gasteiger partial charge in [-0.15, -0.1) is 0 Å². The number of benzene rings is 4. The Morgan fingerprint density at radius 3 is 1.19 bits per heavy atom. The number of ether oxygens (including phenoxy) is 2. The molecule has 0 fully saturated rings. The maximum absolute atomic E-state index is 13.8. The van der Waals surface area contributed by atoms with Crippen LogP contribution in [0.1, 0.15) is 34.1 Å². The van der Waals surface area contributed by atoms with Crippen LogP contribution in [0.2, 0.25) is 0 Å². The van der Waals surface area contributed by atoms with Gasteiger partial charge in [-0.1, -0.05) is 0 Å². The first kappa shape index (κ1) is 18.9. The zero-order chi connectivity index (χ0) is 22.3. The van der Waals surface area contributed by atoms with E-state index in [1.54, 1.807) is 26.4 Å². The van der Waals surface area contributed by atoms with Crippen molar-refractivity contribution in [2.75, 3.05) is 14.2 Å². The van der Waals surface area contributed by atoms with E-state index in [0.29, 0.717) is 33.4 Å². The maximum Gasteiger partial charge on any atom is 0.211 e. The highest BCUT2D eigenvalue weighted by Gasteiger charge is 2.49. The van der Waals surface area contributed by atoms with Crippen LogP contribution in [0.4, 0.5) is 8.78 Å². The minimum atomic E-state index is -0.951. The highest BCUT2D eigenvalue weighted by Crippen LogP contribution is 2.52. The molecule has 0 aromatic heterocycles. The zero-order valence-electron chi connectivity index (χ0n) is 17.2. The summed E-state index contributed by atoms with van der Waals surface area (Å²) in [4.78, 5) is 26.0. The Labute approximate surface area is 181 Å². The van der Waals surface area contributed by atoms with Gasteiger partial charge in [0.15, 0.2) is 23.1 Å². The van der Waals surface area contributed by atoms with Crippen LogP contribution in [-0.4, -0.2) is 25.8 Å². The summed E-state index contributed by atoms with van der Waals surface area (Å²) in [6.07, 6.45) is 0. The van der Waals surface area contributed by atoms with E-state index in [2.05, 4.69) is 0 Å². The quantitative estimate of drug-likeness (QED) is 0.419. The fourth-order valence-corrected chi connectivity index (χ4v) is 5.18. The minimum Gasteiger partial charge on any atom is -0.493 e. The monoisotopic (exact) mass is 430 g/mol. The Morgan fingerprint density at radius 2 is 0.875 bits per heavy atom. The molecule has 32 heavy (non-hydrogen) atoms. The molecule has 0 N–H and O–H groups in total. The molecule has 0 radical (unpaired) electrons. The number of halogens is 2. The molecular formula is C26H16F2O4. The summed E-state index contributed by atoms with van der Waals surface area (Å²) < 4.78 is 38.5. The Hall–Kier alpha value is -3.80. The van der Waals surface area contributed by atoms with E-state index in [1.807, 2.05) is 24.3 Å². The third-order valence-electron chi connectivity index (χ3n) is 6.64. The fraction of sp³-hybridized carbons (Fsp3) is 0.154. The van der Waals surface area contributed by atoms with E-state index in [0.717, 1.165) is 34.0 Å². The van der Waals surface area contributed by atoms with Crippen LogP contribution in [0.3, 0.4) is 0 Å². The Kier molecular flexibility index (Phi) is 3.76. The van der Waals surface area contributed by atoms with Crippen LogP contribution in [0.15, 0.2) is 48.5 Å². The number of hydrogen-bond acceptors (Lipinski definition) is 4. The third kappa shape index (κ3) is 2.35. The maximum atomic E-state index is 13.8.